The predicted octanol–water partition coefficient (Wildman–Crippen LogP) is 3.99. The summed E-state index contributed by atoms with van der Waals surface area (Å²) in [6.45, 7) is 4.62. The number of alkyl halides is 1. The van der Waals surface area contributed by atoms with Crippen LogP contribution in [0.2, 0.25) is 0 Å². The molecule has 0 aromatic carbocycles. The number of hydrogen-bond donors (Lipinski definition) is 0. The van der Waals surface area contributed by atoms with Gasteiger partial charge in [-0.2, -0.15) is 11.3 Å². The molecular formula is C12H20BrNS. The lowest BCUT2D eigenvalue weighted by atomic mass is 10.1. The van der Waals surface area contributed by atoms with Gasteiger partial charge in [-0.3, -0.25) is 0 Å². The molecule has 3 heteroatoms. The van der Waals surface area contributed by atoms with E-state index < -0.39 is 0 Å². The summed E-state index contributed by atoms with van der Waals surface area (Å²) in [6.07, 6.45) is 2.58. The molecule has 1 rings (SSSR count). The predicted molar refractivity (Wildman–Crippen MR) is 72.8 cm³/mol. The molecular weight excluding hydrogens is 270 g/mol. The average molecular weight is 290 g/mol. The van der Waals surface area contributed by atoms with E-state index in [1.54, 1.807) is 11.3 Å². The Hall–Kier alpha value is 0.140. The highest BCUT2D eigenvalue weighted by molar-refractivity contribution is 9.09. The van der Waals surface area contributed by atoms with E-state index >= 15 is 0 Å². The smallest absolute Gasteiger partial charge is 0.0238 e. The average Bonchev–Trinajstić information content (AvgIpc) is 2.68. The van der Waals surface area contributed by atoms with Crippen molar-refractivity contribution in [3.63, 3.8) is 0 Å². The van der Waals surface area contributed by atoms with Gasteiger partial charge >= 0.3 is 0 Å². The molecule has 1 atom stereocenters. The molecule has 86 valence electrons. The lowest BCUT2D eigenvalue weighted by Crippen LogP contribution is -2.20. The van der Waals surface area contributed by atoms with Gasteiger partial charge in [0.25, 0.3) is 0 Å². The van der Waals surface area contributed by atoms with E-state index in [1.807, 2.05) is 0 Å². The third-order valence-electron chi connectivity index (χ3n) is 2.64. The fraction of sp³-hybridized carbons (Fsp3) is 0.667. The molecule has 0 amide bonds. The Bertz CT molecular complexity index is 248. The monoisotopic (exact) mass is 289 g/mol. The Morgan fingerprint density at radius 2 is 2.27 bits per heavy atom. The van der Waals surface area contributed by atoms with Crippen LogP contribution in [0.15, 0.2) is 16.8 Å². The van der Waals surface area contributed by atoms with E-state index in [4.69, 9.17) is 0 Å². The Morgan fingerprint density at radius 1 is 1.47 bits per heavy atom. The Kier molecular flexibility index (Phi) is 6.53. The number of rotatable bonds is 7. The van der Waals surface area contributed by atoms with Crippen LogP contribution < -0.4 is 0 Å². The third-order valence-corrected chi connectivity index (χ3v) is 3.83. The van der Waals surface area contributed by atoms with Crippen molar-refractivity contribution in [2.75, 3.05) is 18.9 Å². The van der Waals surface area contributed by atoms with Crippen LogP contribution in [0, 0.1) is 5.92 Å². The molecule has 1 aromatic heterocycles. The summed E-state index contributed by atoms with van der Waals surface area (Å²) in [5.41, 5.74) is 1.44. The van der Waals surface area contributed by atoms with Gasteiger partial charge in [-0.05, 0) is 54.7 Å². The first-order valence-electron chi connectivity index (χ1n) is 5.48. The maximum Gasteiger partial charge on any atom is 0.0238 e. The van der Waals surface area contributed by atoms with Gasteiger partial charge in [0, 0.05) is 11.9 Å². The summed E-state index contributed by atoms with van der Waals surface area (Å²) >= 11 is 5.27. The van der Waals surface area contributed by atoms with Gasteiger partial charge in [-0.25, -0.2) is 0 Å². The SMILES string of the molecule is CC(CCBr)CCN(C)Cc1ccsc1. The highest BCUT2D eigenvalue weighted by atomic mass is 79.9. The molecule has 1 nitrogen and oxygen atoms in total. The summed E-state index contributed by atoms with van der Waals surface area (Å²) in [7, 11) is 2.21. The standard InChI is InChI=1S/C12H20BrNS/c1-11(3-6-13)4-7-14(2)9-12-5-8-15-10-12/h5,8,10-11H,3-4,6-7,9H2,1-2H3. The van der Waals surface area contributed by atoms with Crippen molar-refractivity contribution < 1.29 is 0 Å². The lowest BCUT2D eigenvalue weighted by molar-refractivity contribution is 0.297. The molecule has 0 saturated carbocycles. The van der Waals surface area contributed by atoms with E-state index in [9.17, 15) is 0 Å². The number of nitrogens with zero attached hydrogens (tertiary/aromatic N) is 1. The van der Waals surface area contributed by atoms with Crippen molar-refractivity contribution >= 4 is 27.3 Å². The normalized spacial score (nSPS) is 13.3. The van der Waals surface area contributed by atoms with Crippen molar-refractivity contribution in [3.05, 3.63) is 22.4 Å². The van der Waals surface area contributed by atoms with Gasteiger partial charge in [0.1, 0.15) is 0 Å². The minimum absolute atomic E-state index is 0.828. The first-order valence-corrected chi connectivity index (χ1v) is 7.54. The number of thiophene rings is 1. The van der Waals surface area contributed by atoms with E-state index in [-0.39, 0.29) is 0 Å². The van der Waals surface area contributed by atoms with Crippen LogP contribution in [0.5, 0.6) is 0 Å². The van der Waals surface area contributed by atoms with Gasteiger partial charge in [-0.1, -0.05) is 22.9 Å². The summed E-state index contributed by atoms with van der Waals surface area (Å²) in [5, 5.41) is 5.51. The van der Waals surface area contributed by atoms with Gasteiger partial charge in [0.15, 0.2) is 0 Å². The summed E-state index contributed by atoms with van der Waals surface area (Å²) in [5.74, 6) is 0.828. The molecule has 15 heavy (non-hydrogen) atoms. The van der Waals surface area contributed by atoms with Crippen LogP contribution in [0.1, 0.15) is 25.3 Å². The second-order valence-electron chi connectivity index (χ2n) is 4.24. The van der Waals surface area contributed by atoms with E-state index in [1.165, 1.54) is 24.9 Å². The van der Waals surface area contributed by atoms with Crippen LogP contribution in [0.3, 0.4) is 0 Å². The van der Waals surface area contributed by atoms with Crippen molar-refractivity contribution in [1.82, 2.24) is 4.90 Å². The zero-order valence-corrected chi connectivity index (χ0v) is 12.0. The molecule has 0 N–H and O–H groups in total. The van der Waals surface area contributed by atoms with Crippen molar-refractivity contribution in [3.8, 4) is 0 Å². The summed E-state index contributed by atoms with van der Waals surface area (Å²) in [4.78, 5) is 2.41. The van der Waals surface area contributed by atoms with Crippen LogP contribution in [-0.2, 0) is 6.54 Å². The molecule has 1 heterocycles. The van der Waals surface area contributed by atoms with Crippen LogP contribution in [0.4, 0.5) is 0 Å². The molecule has 0 fully saturated rings. The number of hydrogen-bond acceptors (Lipinski definition) is 2. The first-order chi connectivity index (χ1) is 7.22. The second kappa shape index (κ2) is 7.42. The molecule has 0 aliphatic rings. The van der Waals surface area contributed by atoms with Crippen LogP contribution >= 0.6 is 27.3 Å². The van der Waals surface area contributed by atoms with Crippen molar-refractivity contribution in [2.45, 2.75) is 26.3 Å². The molecule has 0 bridgehead atoms. The maximum atomic E-state index is 3.49. The van der Waals surface area contributed by atoms with E-state index in [0.29, 0.717) is 0 Å². The third kappa shape index (κ3) is 5.69. The van der Waals surface area contributed by atoms with Crippen molar-refractivity contribution in [1.29, 1.82) is 0 Å². The molecule has 0 aliphatic heterocycles. The highest BCUT2D eigenvalue weighted by Crippen LogP contribution is 2.12. The molecule has 0 radical (unpaired) electrons. The first kappa shape index (κ1) is 13.2. The fourth-order valence-electron chi connectivity index (χ4n) is 1.54. The molecule has 0 spiro atoms. The lowest BCUT2D eigenvalue weighted by Gasteiger charge is -2.18. The van der Waals surface area contributed by atoms with E-state index in [2.05, 4.69) is 51.6 Å². The molecule has 0 saturated heterocycles. The fourth-order valence-corrected chi connectivity index (χ4v) is 2.99. The Morgan fingerprint density at radius 3 is 2.87 bits per heavy atom. The minimum atomic E-state index is 0.828. The molecule has 0 aliphatic carbocycles. The maximum absolute atomic E-state index is 3.49. The summed E-state index contributed by atoms with van der Waals surface area (Å²) < 4.78 is 0. The van der Waals surface area contributed by atoms with Crippen LogP contribution in [0.25, 0.3) is 0 Å². The quantitative estimate of drug-likeness (QED) is 0.686. The van der Waals surface area contributed by atoms with Gasteiger partial charge < -0.3 is 4.90 Å². The van der Waals surface area contributed by atoms with E-state index in [0.717, 1.165) is 17.8 Å². The largest absolute Gasteiger partial charge is 0.302 e. The molecule has 1 unspecified atom stereocenters. The second-order valence-corrected chi connectivity index (χ2v) is 5.81. The Balaban J connectivity index is 2.16. The van der Waals surface area contributed by atoms with Gasteiger partial charge in [0.05, 0.1) is 0 Å². The molecule has 1 aromatic rings. The summed E-state index contributed by atoms with van der Waals surface area (Å²) in [6, 6.07) is 2.21. The van der Waals surface area contributed by atoms with Crippen molar-refractivity contribution in [2.24, 2.45) is 5.92 Å². The zero-order valence-electron chi connectivity index (χ0n) is 9.58. The van der Waals surface area contributed by atoms with Gasteiger partial charge in [-0.15, -0.1) is 0 Å². The zero-order chi connectivity index (χ0) is 11.1. The topological polar surface area (TPSA) is 3.24 Å². The minimum Gasteiger partial charge on any atom is -0.302 e. The Labute approximate surface area is 106 Å². The van der Waals surface area contributed by atoms with Crippen LogP contribution in [-0.4, -0.2) is 23.8 Å². The highest BCUT2D eigenvalue weighted by Gasteiger charge is 2.04. The van der Waals surface area contributed by atoms with Gasteiger partial charge in [0.2, 0.25) is 0 Å². The number of halogens is 1.